The van der Waals surface area contributed by atoms with Gasteiger partial charge in [-0.15, -0.1) is 0 Å². The molecule has 1 aromatic rings. The molecule has 92 valence electrons. The summed E-state index contributed by atoms with van der Waals surface area (Å²) >= 11 is 0. The van der Waals surface area contributed by atoms with Crippen molar-refractivity contribution in [2.24, 2.45) is 0 Å². The summed E-state index contributed by atoms with van der Waals surface area (Å²) in [4.78, 5) is 25.3. The summed E-state index contributed by atoms with van der Waals surface area (Å²) in [6, 6.07) is 4.27. The zero-order chi connectivity index (χ0) is 13.0. The minimum absolute atomic E-state index is 0.388. The van der Waals surface area contributed by atoms with Gasteiger partial charge in [0.15, 0.2) is 0 Å². The first-order chi connectivity index (χ1) is 7.91. The van der Waals surface area contributed by atoms with E-state index in [4.69, 9.17) is 0 Å². The summed E-state index contributed by atoms with van der Waals surface area (Å²) in [5.74, 6) is -0.388. The minimum atomic E-state index is -0.574. The van der Waals surface area contributed by atoms with E-state index >= 15 is 0 Å². The van der Waals surface area contributed by atoms with Gasteiger partial charge in [0, 0.05) is 26.8 Å². The van der Waals surface area contributed by atoms with Crippen molar-refractivity contribution in [3.63, 3.8) is 0 Å². The highest BCUT2D eigenvalue weighted by Gasteiger charge is 2.18. The largest absolute Gasteiger partial charge is 0.330 e. The number of amides is 4. The molecule has 4 amide bonds. The van der Waals surface area contributed by atoms with E-state index in [9.17, 15) is 14.0 Å². The van der Waals surface area contributed by atoms with Gasteiger partial charge in [0.2, 0.25) is 0 Å². The van der Waals surface area contributed by atoms with Gasteiger partial charge >= 0.3 is 12.1 Å². The Labute approximate surface area is 98.8 Å². The third-order valence-corrected chi connectivity index (χ3v) is 2.07. The number of urea groups is 2. The molecule has 0 aliphatic rings. The fourth-order valence-electron chi connectivity index (χ4n) is 1.13. The normalized spacial score (nSPS) is 9.65. The van der Waals surface area contributed by atoms with Gasteiger partial charge in [-0.2, -0.15) is 0 Å². The molecule has 6 heteroatoms. The van der Waals surface area contributed by atoms with Crippen molar-refractivity contribution >= 4 is 17.7 Å². The Morgan fingerprint density at radius 1 is 1.12 bits per heavy atom. The number of imide groups is 1. The molecule has 0 aliphatic carbocycles. The van der Waals surface area contributed by atoms with Crippen LogP contribution in [0.5, 0.6) is 0 Å². The molecule has 17 heavy (non-hydrogen) atoms. The topological polar surface area (TPSA) is 52.7 Å². The average molecular weight is 239 g/mol. The van der Waals surface area contributed by atoms with Crippen LogP contribution in [0.1, 0.15) is 0 Å². The smallest absolute Gasteiger partial charge is 0.329 e. The number of carbonyl (C=O) groups is 2. The number of anilines is 1. The number of hydrogen-bond acceptors (Lipinski definition) is 2. The number of carbonyl (C=O) groups excluding carboxylic acids is 2. The lowest BCUT2D eigenvalue weighted by Gasteiger charge is -2.20. The maximum absolute atomic E-state index is 12.6. The van der Waals surface area contributed by atoms with Crippen LogP contribution in [-0.2, 0) is 0 Å². The lowest BCUT2D eigenvalue weighted by molar-refractivity contribution is 0.182. The number of hydrogen-bond donors (Lipinski definition) is 1. The van der Waals surface area contributed by atoms with E-state index in [0.717, 1.165) is 4.90 Å². The lowest BCUT2D eigenvalue weighted by atomic mass is 10.3. The molecule has 0 spiro atoms. The quantitative estimate of drug-likeness (QED) is 0.814. The SMILES string of the molecule is CN(C)C(=O)N(C)C(=O)Nc1ccc(F)cc1. The third-order valence-electron chi connectivity index (χ3n) is 2.07. The van der Waals surface area contributed by atoms with Gasteiger partial charge in [0.05, 0.1) is 0 Å². The lowest BCUT2D eigenvalue weighted by Crippen LogP contribution is -2.42. The molecule has 0 saturated heterocycles. The number of nitrogens with one attached hydrogen (secondary N) is 1. The average Bonchev–Trinajstić information content (AvgIpc) is 2.30. The summed E-state index contributed by atoms with van der Waals surface area (Å²) < 4.78 is 12.6. The van der Waals surface area contributed by atoms with Crippen molar-refractivity contribution in [2.75, 3.05) is 26.5 Å². The Morgan fingerprint density at radius 2 is 1.65 bits per heavy atom. The van der Waals surface area contributed by atoms with Crippen molar-refractivity contribution in [3.8, 4) is 0 Å². The van der Waals surface area contributed by atoms with E-state index in [2.05, 4.69) is 5.32 Å². The molecular weight excluding hydrogens is 225 g/mol. The number of halogens is 1. The van der Waals surface area contributed by atoms with E-state index in [0.29, 0.717) is 5.69 Å². The van der Waals surface area contributed by atoms with E-state index in [1.165, 1.54) is 36.2 Å². The van der Waals surface area contributed by atoms with Crippen molar-refractivity contribution < 1.29 is 14.0 Å². The highest BCUT2D eigenvalue weighted by molar-refractivity contribution is 6.00. The van der Waals surface area contributed by atoms with E-state index in [1.807, 2.05) is 0 Å². The zero-order valence-electron chi connectivity index (χ0n) is 9.90. The Balaban J connectivity index is 2.66. The summed E-state index contributed by atoms with van der Waals surface area (Å²) in [5.41, 5.74) is 0.426. The van der Waals surface area contributed by atoms with Gasteiger partial charge in [-0.05, 0) is 24.3 Å². The van der Waals surface area contributed by atoms with Crippen LogP contribution in [0.4, 0.5) is 19.7 Å². The molecule has 0 aliphatic heterocycles. The van der Waals surface area contributed by atoms with E-state index in [1.54, 1.807) is 14.1 Å². The number of nitrogens with zero attached hydrogens (tertiary/aromatic N) is 2. The Hall–Kier alpha value is -2.11. The third kappa shape index (κ3) is 3.44. The molecule has 0 bridgehead atoms. The molecule has 0 radical (unpaired) electrons. The molecule has 0 aromatic heterocycles. The highest BCUT2D eigenvalue weighted by Crippen LogP contribution is 2.09. The summed E-state index contributed by atoms with van der Waals surface area (Å²) in [6.45, 7) is 0. The zero-order valence-corrected chi connectivity index (χ0v) is 9.90. The fourth-order valence-corrected chi connectivity index (χ4v) is 1.13. The highest BCUT2D eigenvalue weighted by atomic mass is 19.1. The van der Waals surface area contributed by atoms with Gasteiger partial charge in [0.1, 0.15) is 5.82 Å². The molecule has 1 rings (SSSR count). The van der Waals surface area contributed by atoms with E-state index in [-0.39, 0.29) is 5.82 Å². The first kappa shape index (κ1) is 13.0. The van der Waals surface area contributed by atoms with Crippen LogP contribution in [0.25, 0.3) is 0 Å². The van der Waals surface area contributed by atoms with Crippen LogP contribution >= 0.6 is 0 Å². The van der Waals surface area contributed by atoms with Crippen molar-refractivity contribution in [2.45, 2.75) is 0 Å². The molecule has 5 nitrogen and oxygen atoms in total. The van der Waals surface area contributed by atoms with Crippen LogP contribution in [-0.4, -0.2) is 43.0 Å². The second-order valence-corrected chi connectivity index (χ2v) is 3.67. The van der Waals surface area contributed by atoms with Crippen LogP contribution in [0.15, 0.2) is 24.3 Å². The van der Waals surface area contributed by atoms with E-state index < -0.39 is 12.1 Å². The molecule has 0 unspecified atom stereocenters. The predicted octanol–water partition coefficient (Wildman–Crippen LogP) is 1.97. The molecule has 1 aromatic carbocycles. The maximum atomic E-state index is 12.6. The molecule has 1 N–H and O–H groups in total. The Bertz CT molecular complexity index is 417. The summed E-state index contributed by atoms with van der Waals surface area (Å²) in [6.07, 6.45) is 0. The Kier molecular flexibility index (Phi) is 4.03. The van der Waals surface area contributed by atoms with Crippen LogP contribution < -0.4 is 5.32 Å². The molecule has 0 heterocycles. The number of benzene rings is 1. The van der Waals surface area contributed by atoms with Crippen molar-refractivity contribution in [1.29, 1.82) is 0 Å². The molecule has 0 saturated carbocycles. The minimum Gasteiger partial charge on any atom is -0.330 e. The van der Waals surface area contributed by atoms with Crippen molar-refractivity contribution in [3.05, 3.63) is 30.1 Å². The first-order valence-corrected chi connectivity index (χ1v) is 4.93. The van der Waals surface area contributed by atoms with Crippen LogP contribution in [0.2, 0.25) is 0 Å². The monoisotopic (exact) mass is 239 g/mol. The fraction of sp³-hybridized carbons (Fsp3) is 0.273. The van der Waals surface area contributed by atoms with Crippen molar-refractivity contribution in [1.82, 2.24) is 9.80 Å². The maximum Gasteiger partial charge on any atom is 0.329 e. The predicted molar refractivity (Wildman–Crippen MR) is 62.3 cm³/mol. The number of rotatable bonds is 1. The summed E-state index contributed by atoms with van der Waals surface area (Å²) in [7, 11) is 4.45. The standard InChI is InChI=1S/C11H14FN3O2/c1-14(2)11(17)15(3)10(16)13-9-6-4-8(12)5-7-9/h4-7H,1-3H3,(H,13,16). The first-order valence-electron chi connectivity index (χ1n) is 4.93. The molecule has 0 fully saturated rings. The van der Waals surface area contributed by atoms with Crippen LogP contribution in [0.3, 0.4) is 0 Å². The van der Waals surface area contributed by atoms with Gasteiger partial charge in [0.25, 0.3) is 0 Å². The van der Waals surface area contributed by atoms with Gasteiger partial charge in [-0.25, -0.2) is 18.9 Å². The second-order valence-electron chi connectivity index (χ2n) is 3.67. The summed E-state index contributed by atoms with van der Waals surface area (Å²) in [5, 5.41) is 2.48. The van der Waals surface area contributed by atoms with Gasteiger partial charge in [-0.1, -0.05) is 0 Å². The second kappa shape index (κ2) is 5.29. The molecule has 0 atom stereocenters. The molecular formula is C11H14FN3O2. The van der Waals surface area contributed by atoms with Gasteiger partial charge in [-0.3, -0.25) is 0 Å². The Morgan fingerprint density at radius 3 is 2.12 bits per heavy atom. The van der Waals surface area contributed by atoms with Crippen LogP contribution in [0, 0.1) is 5.82 Å². The van der Waals surface area contributed by atoms with Gasteiger partial charge < -0.3 is 10.2 Å².